The van der Waals surface area contributed by atoms with Crippen molar-refractivity contribution in [3.05, 3.63) is 95.6 Å². The second-order valence-corrected chi connectivity index (χ2v) is 11.7. The molecule has 3 N–H and O–H groups in total. The Bertz CT molecular complexity index is 1120. The number of hydrogen-bond donors (Lipinski definition) is 3. The zero-order valence-corrected chi connectivity index (χ0v) is 18.1. The first kappa shape index (κ1) is 21.1. The third-order valence-electron chi connectivity index (χ3n) is 5.41. The van der Waals surface area contributed by atoms with Gasteiger partial charge in [-0.25, -0.2) is 8.42 Å². The lowest BCUT2D eigenvalue weighted by molar-refractivity contribution is 0.491. The Morgan fingerprint density at radius 3 is 2.27 bits per heavy atom. The van der Waals surface area contributed by atoms with Crippen LogP contribution in [0.1, 0.15) is 21.9 Å². The van der Waals surface area contributed by atoms with Gasteiger partial charge in [-0.1, -0.05) is 60.7 Å². The van der Waals surface area contributed by atoms with Crippen molar-refractivity contribution < 1.29 is 17.5 Å². The van der Waals surface area contributed by atoms with Crippen molar-refractivity contribution in [2.45, 2.75) is 28.0 Å². The summed E-state index contributed by atoms with van der Waals surface area (Å²) in [7, 11) is -6.90. The molecule has 0 saturated carbocycles. The van der Waals surface area contributed by atoms with E-state index in [0.717, 1.165) is 18.5 Å². The van der Waals surface area contributed by atoms with Gasteiger partial charge in [0.2, 0.25) is 0 Å². The maximum absolute atomic E-state index is 13.3. The molecule has 1 aliphatic heterocycles. The zero-order valence-electron chi connectivity index (χ0n) is 16.4. The Morgan fingerprint density at radius 1 is 0.900 bits per heavy atom. The van der Waals surface area contributed by atoms with E-state index in [-0.39, 0.29) is 10.6 Å². The summed E-state index contributed by atoms with van der Waals surface area (Å²) in [5.74, 6) is -0.194. The van der Waals surface area contributed by atoms with Crippen LogP contribution in [0.2, 0.25) is 0 Å². The largest absolute Gasteiger partial charge is 0.312 e. The smallest absolute Gasteiger partial charge is 0.187 e. The fourth-order valence-electron chi connectivity index (χ4n) is 3.90. The van der Waals surface area contributed by atoms with Crippen LogP contribution in [-0.4, -0.2) is 29.8 Å². The van der Waals surface area contributed by atoms with Crippen LogP contribution in [0, 0.1) is 0 Å². The molecule has 0 saturated heterocycles. The Kier molecular flexibility index (Phi) is 5.99. The van der Waals surface area contributed by atoms with Gasteiger partial charge in [0.15, 0.2) is 9.84 Å². The molecule has 1 unspecified atom stereocenters. The molecule has 0 spiro atoms. The summed E-state index contributed by atoms with van der Waals surface area (Å²) in [6, 6.07) is 23.6. The van der Waals surface area contributed by atoms with E-state index >= 15 is 0 Å². The first-order valence-electron chi connectivity index (χ1n) is 9.81. The highest BCUT2D eigenvalue weighted by molar-refractivity contribution is 8.25. The van der Waals surface area contributed by atoms with Crippen LogP contribution in [0.3, 0.4) is 0 Å². The van der Waals surface area contributed by atoms with E-state index in [9.17, 15) is 17.5 Å². The summed E-state index contributed by atoms with van der Waals surface area (Å²) in [5.41, 5.74) is 2.55. The molecule has 158 valence electrons. The van der Waals surface area contributed by atoms with E-state index in [0.29, 0.717) is 17.0 Å². The van der Waals surface area contributed by atoms with Gasteiger partial charge in [0, 0.05) is 6.54 Å². The third kappa shape index (κ3) is 4.17. The first-order valence-corrected chi connectivity index (χ1v) is 13.1. The average Bonchev–Trinajstić information content (AvgIpc) is 3.05. The predicted molar refractivity (Wildman–Crippen MR) is 121 cm³/mol. The summed E-state index contributed by atoms with van der Waals surface area (Å²) in [6.07, 6.45) is 0.858. The van der Waals surface area contributed by atoms with Gasteiger partial charge in [0.1, 0.15) is 5.25 Å². The first-order chi connectivity index (χ1) is 14.4. The summed E-state index contributed by atoms with van der Waals surface area (Å²) in [5, 5.41) is 2.40. The Morgan fingerprint density at radius 2 is 1.57 bits per heavy atom. The molecule has 0 amide bonds. The minimum atomic E-state index is -3.75. The highest BCUT2D eigenvalue weighted by Gasteiger charge is 2.44. The molecule has 5 nitrogen and oxygen atoms in total. The number of sulfone groups is 1. The maximum atomic E-state index is 13.3. The minimum Gasteiger partial charge on any atom is -0.312 e. The van der Waals surface area contributed by atoms with Crippen molar-refractivity contribution in [3.63, 3.8) is 0 Å². The quantitative estimate of drug-likeness (QED) is 0.463. The topological polar surface area (TPSA) is 86.6 Å². The van der Waals surface area contributed by atoms with Crippen LogP contribution in [-0.2, 0) is 22.8 Å². The van der Waals surface area contributed by atoms with Gasteiger partial charge < -0.3 is 5.32 Å². The van der Waals surface area contributed by atoms with Crippen LogP contribution < -0.4 is 5.32 Å². The van der Waals surface area contributed by atoms with Gasteiger partial charge in [-0.05, 0) is 47.9 Å². The van der Waals surface area contributed by atoms with Crippen molar-refractivity contribution in [1.82, 2.24) is 5.32 Å². The third-order valence-corrected chi connectivity index (χ3v) is 9.56. The lowest BCUT2D eigenvalue weighted by Gasteiger charge is -2.27. The summed E-state index contributed by atoms with van der Waals surface area (Å²) in [6.45, 7) is 1.20. The molecule has 0 aromatic heterocycles. The molecule has 3 aromatic rings. The van der Waals surface area contributed by atoms with Crippen LogP contribution >= 0.6 is 10.6 Å². The zero-order chi connectivity index (χ0) is 21.2. The average molecular weight is 444 g/mol. The molecular weight excluding hydrogens is 418 g/mol. The fourth-order valence-corrected chi connectivity index (χ4v) is 8.40. The molecule has 1 aliphatic rings. The van der Waals surface area contributed by atoms with Gasteiger partial charge in [-0.15, -0.1) is 0 Å². The second-order valence-electron chi connectivity index (χ2n) is 7.42. The lowest BCUT2D eigenvalue weighted by atomic mass is 10.0. The SMILES string of the molecule is O=S(=O)(c1ccccc1)C1CS(O)(O)c2cccc(CNCCc3ccccc3)c21. The molecule has 1 atom stereocenters. The summed E-state index contributed by atoms with van der Waals surface area (Å²) in [4.78, 5) is 0.555. The highest BCUT2D eigenvalue weighted by Crippen LogP contribution is 2.62. The molecule has 4 rings (SSSR count). The standard InChI is InChI=1S/C23H25NO4S2/c25-29(26)17-22(30(27,28)20-11-5-2-6-12-20)23-19(10-7-13-21(23)29)16-24-15-14-18-8-3-1-4-9-18/h1-13,22,24-26H,14-17H2. The second kappa shape index (κ2) is 8.53. The summed E-state index contributed by atoms with van der Waals surface area (Å²) < 4.78 is 47.9. The van der Waals surface area contributed by atoms with Gasteiger partial charge in [0.05, 0.1) is 15.5 Å². The molecule has 30 heavy (non-hydrogen) atoms. The Labute approximate surface area is 179 Å². The molecular formula is C23H25NO4S2. The predicted octanol–water partition coefficient (Wildman–Crippen LogP) is 4.66. The van der Waals surface area contributed by atoms with Gasteiger partial charge >= 0.3 is 0 Å². The monoisotopic (exact) mass is 443 g/mol. The van der Waals surface area contributed by atoms with Crippen molar-refractivity contribution in [1.29, 1.82) is 0 Å². The van der Waals surface area contributed by atoms with E-state index in [1.807, 2.05) is 24.3 Å². The number of benzene rings is 3. The molecule has 1 heterocycles. The normalized spacial score (nSPS) is 18.7. The van der Waals surface area contributed by atoms with Crippen molar-refractivity contribution >= 4 is 20.4 Å². The molecule has 0 fully saturated rings. The van der Waals surface area contributed by atoms with Gasteiger partial charge in [0.25, 0.3) is 0 Å². The van der Waals surface area contributed by atoms with E-state index in [1.54, 1.807) is 42.5 Å². The van der Waals surface area contributed by atoms with Crippen LogP contribution in [0.25, 0.3) is 0 Å². The van der Waals surface area contributed by atoms with E-state index in [1.165, 1.54) is 5.56 Å². The maximum Gasteiger partial charge on any atom is 0.187 e. The Hall–Kier alpha value is -2.16. The van der Waals surface area contributed by atoms with Gasteiger partial charge in [-0.2, -0.15) is 10.6 Å². The lowest BCUT2D eigenvalue weighted by Crippen LogP contribution is -2.20. The molecule has 0 bridgehead atoms. The molecule has 3 aromatic carbocycles. The number of hydrogen-bond acceptors (Lipinski definition) is 5. The highest BCUT2D eigenvalue weighted by atomic mass is 32.3. The van der Waals surface area contributed by atoms with Crippen LogP contribution in [0.5, 0.6) is 0 Å². The molecule has 0 radical (unpaired) electrons. The number of fused-ring (bicyclic) bond motifs is 1. The Balaban J connectivity index is 1.60. The fraction of sp³-hybridized carbons (Fsp3) is 0.217. The summed E-state index contributed by atoms with van der Waals surface area (Å²) >= 11 is 0. The van der Waals surface area contributed by atoms with E-state index in [4.69, 9.17) is 0 Å². The molecule has 7 heteroatoms. The van der Waals surface area contributed by atoms with Gasteiger partial charge in [-0.3, -0.25) is 9.11 Å². The van der Waals surface area contributed by atoms with Crippen molar-refractivity contribution in [3.8, 4) is 0 Å². The van der Waals surface area contributed by atoms with E-state index < -0.39 is 25.7 Å². The van der Waals surface area contributed by atoms with E-state index in [2.05, 4.69) is 17.4 Å². The van der Waals surface area contributed by atoms with Crippen LogP contribution in [0.15, 0.2) is 88.7 Å². The number of rotatable bonds is 7. The van der Waals surface area contributed by atoms with Crippen molar-refractivity contribution in [2.24, 2.45) is 0 Å². The molecule has 0 aliphatic carbocycles. The van der Waals surface area contributed by atoms with Crippen molar-refractivity contribution in [2.75, 3.05) is 12.3 Å². The van der Waals surface area contributed by atoms with Crippen LogP contribution in [0.4, 0.5) is 0 Å². The minimum absolute atomic E-state index is 0.194. The number of nitrogens with one attached hydrogen (secondary N) is 1.